The molecule has 1 N–H and O–H groups in total. The number of benzene rings is 2. The van der Waals surface area contributed by atoms with Crippen LogP contribution in [-0.4, -0.2) is 27.4 Å². The van der Waals surface area contributed by atoms with E-state index in [1.807, 2.05) is 53.9 Å². The van der Waals surface area contributed by atoms with Gasteiger partial charge in [0.2, 0.25) is 0 Å². The van der Waals surface area contributed by atoms with Crippen molar-refractivity contribution >= 4 is 21.6 Å². The number of hydrogen-bond donors (Lipinski definition) is 1. The zero-order valence-corrected chi connectivity index (χ0v) is 17.8. The molecule has 0 amide bonds. The van der Waals surface area contributed by atoms with Crippen LogP contribution >= 0.6 is 11.3 Å². The quantitative estimate of drug-likeness (QED) is 0.486. The molecule has 2 heterocycles. The largest absolute Gasteiger partial charge is 0.491 e. The van der Waals surface area contributed by atoms with Gasteiger partial charge in [-0.1, -0.05) is 56.3 Å². The fraction of sp³-hybridized carbons (Fsp3) is 0.250. The van der Waals surface area contributed by atoms with E-state index in [9.17, 15) is 9.90 Å². The molecule has 5 nitrogen and oxygen atoms in total. The normalized spacial score (nSPS) is 12.8. The van der Waals surface area contributed by atoms with Crippen LogP contribution in [0.3, 0.4) is 0 Å². The number of nitrogens with zero attached hydrogens (tertiary/aromatic N) is 2. The molecule has 30 heavy (non-hydrogen) atoms. The highest BCUT2D eigenvalue weighted by Crippen LogP contribution is 2.32. The Labute approximate surface area is 179 Å². The van der Waals surface area contributed by atoms with Crippen molar-refractivity contribution in [1.82, 2.24) is 9.55 Å². The van der Waals surface area contributed by atoms with E-state index in [1.165, 1.54) is 33.4 Å². The van der Waals surface area contributed by atoms with E-state index in [0.717, 1.165) is 0 Å². The molecule has 0 saturated carbocycles. The number of fused-ring (bicyclic) bond motifs is 1. The van der Waals surface area contributed by atoms with Gasteiger partial charge in [0.05, 0.1) is 18.4 Å². The maximum atomic E-state index is 12.4. The molecule has 1 atom stereocenters. The number of hydrogen-bond acceptors (Lipinski definition) is 5. The van der Waals surface area contributed by atoms with Gasteiger partial charge in [0, 0.05) is 5.41 Å². The van der Waals surface area contributed by atoms with Crippen LogP contribution in [0.5, 0.6) is 5.75 Å². The summed E-state index contributed by atoms with van der Waals surface area (Å²) in [6.45, 7) is 4.62. The molecule has 4 rings (SSSR count). The minimum Gasteiger partial charge on any atom is -0.491 e. The van der Waals surface area contributed by atoms with Gasteiger partial charge < -0.3 is 9.84 Å². The predicted molar refractivity (Wildman–Crippen MR) is 120 cm³/mol. The lowest BCUT2D eigenvalue weighted by molar-refractivity contribution is 0.0915. The highest BCUT2D eigenvalue weighted by molar-refractivity contribution is 7.17. The molecule has 0 fully saturated rings. The second kappa shape index (κ2) is 8.42. The van der Waals surface area contributed by atoms with E-state index in [1.54, 1.807) is 0 Å². The van der Waals surface area contributed by atoms with Crippen molar-refractivity contribution in [2.24, 2.45) is 0 Å². The highest BCUT2D eigenvalue weighted by Gasteiger charge is 2.22. The van der Waals surface area contributed by atoms with Gasteiger partial charge in [0.25, 0.3) is 5.56 Å². The average Bonchev–Trinajstić information content (AvgIpc) is 3.25. The van der Waals surface area contributed by atoms with E-state index in [4.69, 9.17) is 4.74 Å². The van der Waals surface area contributed by atoms with Crippen LogP contribution in [-0.2, 0) is 12.0 Å². The third kappa shape index (κ3) is 4.15. The Hall–Kier alpha value is -2.96. The van der Waals surface area contributed by atoms with Crippen LogP contribution in [0.4, 0.5) is 0 Å². The summed E-state index contributed by atoms with van der Waals surface area (Å²) in [5.74, 6) is 0.681. The van der Waals surface area contributed by atoms with Crippen LogP contribution in [0.15, 0.2) is 77.2 Å². The first kappa shape index (κ1) is 20.3. The Morgan fingerprint density at radius 2 is 1.77 bits per heavy atom. The minimum absolute atomic E-state index is 0.0936. The molecular formula is C24H24N2O3S. The number of aromatic nitrogens is 2. The minimum atomic E-state index is -0.817. The Morgan fingerprint density at radius 1 is 1.07 bits per heavy atom. The zero-order valence-electron chi connectivity index (χ0n) is 17.0. The predicted octanol–water partition coefficient (Wildman–Crippen LogP) is 4.22. The molecule has 0 aliphatic carbocycles. The summed E-state index contributed by atoms with van der Waals surface area (Å²) < 4.78 is 7.77. The Bertz CT molecular complexity index is 1180. The van der Waals surface area contributed by atoms with Crippen molar-refractivity contribution in [3.8, 4) is 5.75 Å². The highest BCUT2D eigenvalue weighted by atomic mass is 32.1. The lowest BCUT2D eigenvalue weighted by Crippen LogP contribution is -2.30. The summed E-state index contributed by atoms with van der Waals surface area (Å²) in [6, 6.07) is 20.1. The van der Waals surface area contributed by atoms with Crippen molar-refractivity contribution in [1.29, 1.82) is 0 Å². The van der Waals surface area contributed by atoms with E-state index in [-0.39, 0.29) is 24.1 Å². The second-order valence-corrected chi connectivity index (χ2v) is 8.73. The fourth-order valence-corrected chi connectivity index (χ4v) is 4.26. The second-order valence-electron chi connectivity index (χ2n) is 7.82. The van der Waals surface area contributed by atoms with Crippen LogP contribution in [0.2, 0.25) is 0 Å². The molecule has 0 aliphatic rings. The molecule has 0 aliphatic heterocycles. The number of ether oxygens (including phenoxy) is 1. The summed E-state index contributed by atoms with van der Waals surface area (Å²) in [5, 5.41) is 12.2. The van der Waals surface area contributed by atoms with Crippen LogP contribution in [0.25, 0.3) is 10.2 Å². The summed E-state index contributed by atoms with van der Waals surface area (Å²) in [6.07, 6.45) is 0.656. The van der Waals surface area contributed by atoms with E-state index in [2.05, 4.69) is 31.0 Å². The SMILES string of the molecule is CC(C)(c1ccccc1)c1ccc(OCC(O)Cn2cnc3ccsc3c2=O)cc1. The van der Waals surface area contributed by atoms with Gasteiger partial charge in [0.1, 0.15) is 23.2 Å². The maximum absolute atomic E-state index is 12.4. The summed E-state index contributed by atoms with van der Waals surface area (Å²) in [5.41, 5.74) is 2.86. The van der Waals surface area contributed by atoms with Gasteiger partial charge in [-0.2, -0.15) is 0 Å². The Morgan fingerprint density at radius 3 is 2.50 bits per heavy atom. The first-order valence-electron chi connectivity index (χ1n) is 9.85. The third-order valence-corrected chi connectivity index (χ3v) is 6.25. The summed E-state index contributed by atoms with van der Waals surface area (Å²) in [4.78, 5) is 16.7. The Balaban J connectivity index is 1.39. The van der Waals surface area contributed by atoms with E-state index >= 15 is 0 Å². The molecule has 2 aromatic heterocycles. The van der Waals surface area contributed by atoms with Crippen molar-refractivity contribution in [2.75, 3.05) is 6.61 Å². The van der Waals surface area contributed by atoms with Crippen LogP contribution < -0.4 is 10.3 Å². The van der Waals surface area contributed by atoms with Crippen LogP contribution in [0.1, 0.15) is 25.0 Å². The molecule has 0 spiro atoms. The van der Waals surface area contributed by atoms with Crippen molar-refractivity contribution in [3.63, 3.8) is 0 Å². The summed E-state index contributed by atoms with van der Waals surface area (Å²) >= 11 is 1.36. The average molecular weight is 421 g/mol. The molecule has 0 saturated heterocycles. The van der Waals surface area contributed by atoms with E-state index < -0.39 is 6.10 Å². The standard InChI is InChI=1S/C24H24N2O3S/c1-24(2,17-6-4-3-5-7-17)18-8-10-20(11-9-18)29-15-19(27)14-26-16-25-21-12-13-30-22(21)23(26)28/h3-13,16,19,27H,14-15H2,1-2H3. The molecule has 0 radical (unpaired) electrons. The van der Waals surface area contributed by atoms with Gasteiger partial charge in [-0.25, -0.2) is 4.98 Å². The molecule has 0 bridgehead atoms. The van der Waals surface area contributed by atoms with Crippen molar-refractivity contribution in [3.05, 3.63) is 93.9 Å². The smallest absolute Gasteiger partial charge is 0.271 e. The van der Waals surface area contributed by atoms with Gasteiger partial charge in [0.15, 0.2) is 0 Å². The van der Waals surface area contributed by atoms with Gasteiger partial charge in [-0.3, -0.25) is 9.36 Å². The lowest BCUT2D eigenvalue weighted by Gasteiger charge is -2.26. The Kier molecular flexibility index (Phi) is 5.70. The molecule has 154 valence electrons. The molecular weight excluding hydrogens is 396 g/mol. The third-order valence-electron chi connectivity index (χ3n) is 5.36. The fourth-order valence-electron chi connectivity index (χ4n) is 3.47. The maximum Gasteiger partial charge on any atom is 0.271 e. The first-order valence-corrected chi connectivity index (χ1v) is 10.7. The summed E-state index contributed by atoms with van der Waals surface area (Å²) in [7, 11) is 0. The molecule has 6 heteroatoms. The topological polar surface area (TPSA) is 64.3 Å². The van der Waals surface area contributed by atoms with Gasteiger partial charge in [-0.05, 0) is 34.7 Å². The van der Waals surface area contributed by atoms with Gasteiger partial charge >= 0.3 is 0 Å². The zero-order chi connectivity index (χ0) is 21.1. The van der Waals surface area contributed by atoms with Crippen molar-refractivity contribution in [2.45, 2.75) is 31.9 Å². The first-order chi connectivity index (χ1) is 14.4. The molecule has 1 unspecified atom stereocenters. The molecule has 2 aromatic carbocycles. The lowest BCUT2D eigenvalue weighted by atomic mass is 9.78. The van der Waals surface area contributed by atoms with Crippen LogP contribution in [0, 0.1) is 0 Å². The number of aliphatic hydroxyl groups is 1. The monoisotopic (exact) mass is 420 g/mol. The number of aliphatic hydroxyl groups excluding tert-OH is 1. The van der Waals surface area contributed by atoms with E-state index in [0.29, 0.717) is 16.0 Å². The van der Waals surface area contributed by atoms with Crippen molar-refractivity contribution < 1.29 is 9.84 Å². The number of rotatable bonds is 7. The molecule has 4 aromatic rings. The number of thiophene rings is 1. The van der Waals surface area contributed by atoms with Gasteiger partial charge in [-0.15, -0.1) is 11.3 Å².